The lowest BCUT2D eigenvalue weighted by Gasteiger charge is -2.38. The molecule has 2 heterocycles. The van der Waals surface area contributed by atoms with E-state index in [0.717, 1.165) is 17.0 Å². The van der Waals surface area contributed by atoms with E-state index < -0.39 is 6.04 Å². The van der Waals surface area contributed by atoms with Gasteiger partial charge in [-0.1, -0.05) is 36.4 Å². The summed E-state index contributed by atoms with van der Waals surface area (Å²) in [4.78, 5) is 32.8. The third kappa shape index (κ3) is 3.45. The predicted octanol–water partition coefficient (Wildman–Crippen LogP) is 1.80. The zero-order chi connectivity index (χ0) is 17.1. The minimum atomic E-state index is -0.485. The lowest BCUT2D eigenvalue weighted by molar-refractivity contribution is -0.155. The molecule has 0 bridgehead atoms. The third-order valence-corrected chi connectivity index (χ3v) is 4.28. The van der Waals surface area contributed by atoms with Crippen molar-refractivity contribution in [1.29, 1.82) is 0 Å². The average Bonchev–Trinajstić information content (AvgIpc) is 2.57. The van der Waals surface area contributed by atoms with E-state index in [2.05, 4.69) is 4.98 Å². The van der Waals surface area contributed by atoms with Gasteiger partial charge in [0.15, 0.2) is 0 Å². The second-order valence-electron chi connectivity index (χ2n) is 6.19. The van der Waals surface area contributed by atoms with Crippen LogP contribution in [0.3, 0.4) is 0 Å². The van der Waals surface area contributed by atoms with Crippen LogP contribution in [0.5, 0.6) is 0 Å². The minimum Gasteiger partial charge on any atom is -0.335 e. The quantitative estimate of drug-likeness (QED) is 0.862. The molecule has 1 aromatic heterocycles. The number of rotatable bonds is 4. The highest BCUT2D eigenvalue weighted by molar-refractivity contribution is 5.94. The molecule has 5 heteroatoms. The minimum absolute atomic E-state index is 0.0221. The van der Waals surface area contributed by atoms with Gasteiger partial charge in [-0.05, 0) is 24.6 Å². The Morgan fingerprint density at radius 1 is 1.08 bits per heavy atom. The highest BCUT2D eigenvalue weighted by atomic mass is 16.2. The zero-order valence-corrected chi connectivity index (χ0v) is 14.0. The Hall–Kier alpha value is -2.69. The van der Waals surface area contributed by atoms with Gasteiger partial charge >= 0.3 is 0 Å². The molecular weight excluding hydrogens is 302 g/mol. The van der Waals surface area contributed by atoms with Crippen molar-refractivity contribution in [1.82, 2.24) is 14.8 Å². The van der Waals surface area contributed by atoms with Gasteiger partial charge in [-0.2, -0.15) is 0 Å². The maximum absolute atomic E-state index is 12.7. The molecule has 1 atom stereocenters. The third-order valence-electron chi connectivity index (χ3n) is 4.28. The topological polar surface area (TPSA) is 53.5 Å². The van der Waals surface area contributed by atoms with Gasteiger partial charge in [0.2, 0.25) is 11.8 Å². The number of hydrogen-bond donors (Lipinski definition) is 0. The Morgan fingerprint density at radius 2 is 1.83 bits per heavy atom. The Kier molecular flexibility index (Phi) is 4.60. The summed E-state index contributed by atoms with van der Waals surface area (Å²) in [6, 6.07) is 15.0. The average molecular weight is 323 g/mol. The van der Waals surface area contributed by atoms with Crippen molar-refractivity contribution in [3.8, 4) is 0 Å². The molecule has 5 nitrogen and oxygen atoms in total. The summed E-state index contributed by atoms with van der Waals surface area (Å²) in [7, 11) is 1.68. The first-order valence-electron chi connectivity index (χ1n) is 8.05. The number of hydrogen-bond acceptors (Lipinski definition) is 3. The predicted molar refractivity (Wildman–Crippen MR) is 91.1 cm³/mol. The number of carbonyl (C=O) groups is 2. The number of nitrogens with zero attached hydrogens (tertiary/aromatic N) is 3. The van der Waals surface area contributed by atoms with E-state index in [-0.39, 0.29) is 18.4 Å². The Balaban J connectivity index is 1.87. The maximum atomic E-state index is 12.7. The van der Waals surface area contributed by atoms with Crippen molar-refractivity contribution >= 4 is 11.8 Å². The van der Waals surface area contributed by atoms with Gasteiger partial charge in [0.25, 0.3) is 0 Å². The van der Waals surface area contributed by atoms with Gasteiger partial charge in [0.05, 0.1) is 18.8 Å². The SMILES string of the molecule is Cc1cccc(CN2C(=O)CN(C)C(=O)[C@@H]2Cc2ccccc2)n1. The summed E-state index contributed by atoms with van der Waals surface area (Å²) in [5.74, 6) is -0.0626. The molecular formula is C19H21N3O2. The van der Waals surface area contributed by atoms with E-state index in [1.807, 2.05) is 55.5 Å². The van der Waals surface area contributed by atoms with Crippen molar-refractivity contribution in [3.05, 3.63) is 65.5 Å². The summed E-state index contributed by atoms with van der Waals surface area (Å²) in [5, 5.41) is 0. The van der Waals surface area contributed by atoms with Crippen molar-refractivity contribution in [2.75, 3.05) is 13.6 Å². The highest BCUT2D eigenvalue weighted by Gasteiger charge is 2.37. The van der Waals surface area contributed by atoms with Gasteiger partial charge in [-0.15, -0.1) is 0 Å². The van der Waals surface area contributed by atoms with E-state index >= 15 is 0 Å². The van der Waals surface area contributed by atoms with Gasteiger partial charge < -0.3 is 9.80 Å². The van der Waals surface area contributed by atoms with E-state index in [9.17, 15) is 9.59 Å². The molecule has 3 rings (SSSR count). The molecule has 0 N–H and O–H groups in total. The standard InChI is InChI=1S/C19H21N3O2/c1-14-7-6-10-16(20-14)12-22-17(11-15-8-4-3-5-9-15)19(24)21(2)13-18(22)23/h3-10,17H,11-13H2,1-2H3/t17-/m0/s1. The molecule has 1 fully saturated rings. The second kappa shape index (κ2) is 6.83. The first-order chi connectivity index (χ1) is 11.5. The number of carbonyl (C=O) groups excluding carboxylic acids is 2. The van der Waals surface area contributed by atoms with Gasteiger partial charge in [-0.3, -0.25) is 14.6 Å². The number of amides is 2. The molecule has 0 saturated carbocycles. The summed E-state index contributed by atoms with van der Waals surface area (Å²) >= 11 is 0. The molecule has 124 valence electrons. The fourth-order valence-corrected chi connectivity index (χ4v) is 3.03. The number of piperazine rings is 1. The lowest BCUT2D eigenvalue weighted by atomic mass is 10.0. The number of aromatic nitrogens is 1. The van der Waals surface area contributed by atoms with E-state index in [1.54, 1.807) is 11.9 Å². The Labute approximate surface area is 141 Å². The molecule has 1 saturated heterocycles. The first-order valence-corrected chi connectivity index (χ1v) is 8.05. The van der Waals surface area contributed by atoms with Gasteiger partial charge in [0.1, 0.15) is 6.04 Å². The van der Waals surface area contributed by atoms with Crippen LogP contribution in [0, 0.1) is 6.92 Å². The number of aryl methyl sites for hydroxylation is 1. The largest absolute Gasteiger partial charge is 0.335 e. The van der Waals surface area contributed by atoms with Gasteiger partial charge in [-0.25, -0.2) is 0 Å². The van der Waals surface area contributed by atoms with Crippen molar-refractivity contribution in [2.45, 2.75) is 25.9 Å². The molecule has 0 aliphatic carbocycles. The van der Waals surface area contributed by atoms with Crippen LogP contribution in [0.1, 0.15) is 17.0 Å². The first kappa shape index (κ1) is 16.2. The Bertz CT molecular complexity index is 745. The van der Waals surface area contributed by atoms with Crippen molar-refractivity contribution in [3.63, 3.8) is 0 Å². The molecule has 1 aliphatic rings. The summed E-state index contributed by atoms with van der Waals surface area (Å²) in [5.41, 5.74) is 2.75. The molecule has 0 spiro atoms. The summed E-state index contributed by atoms with van der Waals surface area (Å²) in [6.07, 6.45) is 0.515. The van der Waals surface area contributed by atoms with E-state index in [4.69, 9.17) is 0 Å². The van der Waals surface area contributed by atoms with Crippen molar-refractivity contribution in [2.24, 2.45) is 0 Å². The van der Waals surface area contributed by atoms with E-state index in [1.165, 1.54) is 4.90 Å². The van der Waals surface area contributed by atoms with Crippen LogP contribution < -0.4 is 0 Å². The smallest absolute Gasteiger partial charge is 0.245 e. The molecule has 1 aliphatic heterocycles. The molecule has 1 aromatic carbocycles. The van der Waals surface area contributed by atoms with Crippen LogP contribution in [-0.2, 0) is 22.6 Å². The van der Waals surface area contributed by atoms with Crippen LogP contribution >= 0.6 is 0 Å². The zero-order valence-electron chi connectivity index (χ0n) is 14.0. The maximum Gasteiger partial charge on any atom is 0.245 e. The number of benzene rings is 1. The lowest BCUT2D eigenvalue weighted by Crippen LogP contribution is -2.59. The van der Waals surface area contributed by atoms with Crippen LogP contribution in [-0.4, -0.2) is 46.2 Å². The molecule has 24 heavy (non-hydrogen) atoms. The molecule has 2 amide bonds. The van der Waals surface area contributed by atoms with Crippen LogP contribution in [0.2, 0.25) is 0 Å². The van der Waals surface area contributed by atoms with Gasteiger partial charge in [0, 0.05) is 19.2 Å². The van der Waals surface area contributed by atoms with Crippen LogP contribution in [0.15, 0.2) is 48.5 Å². The Morgan fingerprint density at radius 3 is 2.54 bits per heavy atom. The molecule has 0 radical (unpaired) electrons. The second-order valence-corrected chi connectivity index (χ2v) is 6.19. The fraction of sp³-hybridized carbons (Fsp3) is 0.316. The fourth-order valence-electron chi connectivity index (χ4n) is 3.03. The van der Waals surface area contributed by atoms with Crippen molar-refractivity contribution < 1.29 is 9.59 Å². The normalized spacial score (nSPS) is 18.2. The summed E-state index contributed by atoms with van der Waals surface area (Å²) in [6.45, 7) is 2.40. The summed E-state index contributed by atoms with van der Waals surface area (Å²) < 4.78 is 0. The molecule has 2 aromatic rings. The number of pyridine rings is 1. The van der Waals surface area contributed by atoms with E-state index in [0.29, 0.717) is 13.0 Å². The number of likely N-dealkylation sites (N-methyl/N-ethyl adjacent to an activating group) is 1. The monoisotopic (exact) mass is 323 g/mol. The van der Waals surface area contributed by atoms with Crippen LogP contribution in [0.25, 0.3) is 0 Å². The molecule has 0 unspecified atom stereocenters. The van der Waals surface area contributed by atoms with Crippen LogP contribution in [0.4, 0.5) is 0 Å². The highest BCUT2D eigenvalue weighted by Crippen LogP contribution is 2.19.